The number of anilines is 1. The number of allylic oxidation sites excluding steroid dienone is 3. The first-order valence-electron chi connectivity index (χ1n) is 6.57. The first-order chi connectivity index (χ1) is 9.17. The third kappa shape index (κ3) is 5.84. The highest BCUT2D eigenvalue weighted by molar-refractivity contribution is 6.30. The van der Waals surface area contributed by atoms with Crippen LogP contribution in [0.2, 0.25) is 5.02 Å². The highest BCUT2D eigenvalue weighted by Crippen LogP contribution is 2.17. The van der Waals surface area contributed by atoms with E-state index < -0.39 is 0 Å². The van der Waals surface area contributed by atoms with Gasteiger partial charge in [-0.05, 0) is 42.8 Å². The van der Waals surface area contributed by atoms with E-state index in [1.165, 1.54) is 6.42 Å². The summed E-state index contributed by atoms with van der Waals surface area (Å²) in [5.74, 6) is 1.02. The molecule has 0 fully saturated rings. The van der Waals surface area contributed by atoms with Gasteiger partial charge in [-0.1, -0.05) is 24.9 Å². The molecule has 0 N–H and O–H groups in total. The summed E-state index contributed by atoms with van der Waals surface area (Å²) in [6, 6.07) is 7.76. The minimum Gasteiger partial charge on any atom is -0.501 e. The van der Waals surface area contributed by atoms with Crippen LogP contribution in [0, 0.1) is 0 Å². The lowest BCUT2D eigenvalue weighted by Gasteiger charge is -2.13. The van der Waals surface area contributed by atoms with Gasteiger partial charge in [0.25, 0.3) is 0 Å². The van der Waals surface area contributed by atoms with E-state index in [9.17, 15) is 0 Å². The van der Waals surface area contributed by atoms with E-state index in [4.69, 9.17) is 16.3 Å². The van der Waals surface area contributed by atoms with Crippen LogP contribution in [0.25, 0.3) is 0 Å². The lowest BCUT2D eigenvalue weighted by molar-refractivity contribution is 0.275. The molecule has 0 aliphatic heterocycles. The summed E-state index contributed by atoms with van der Waals surface area (Å²) in [7, 11) is 3.73. The van der Waals surface area contributed by atoms with Crippen molar-refractivity contribution in [3.63, 3.8) is 0 Å². The van der Waals surface area contributed by atoms with E-state index in [-0.39, 0.29) is 0 Å². The Kier molecular flexibility index (Phi) is 7.12. The van der Waals surface area contributed by atoms with Crippen LogP contribution in [0.5, 0.6) is 0 Å². The van der Waals surface area contributed by atoms with Crippen LogP contribution in [-0.4, -0.2) is 14.2 Å². The predicted molar refractivity (Wildman–Crippen MR) is 83.6 cm³/mol. The number of halogens is 1. The van der Waals surface area contributed by atoms with Crippen molar-refractivity contribution in [2.75, 3.05) is 19.1 Å². The molecule has 1 aromatic carbocycles. The van der Waals surface area contributed by atoms with Crippen LogP contribution in [-0.2, 0) is 4.74 Å². The lowest BCUT2D eigenvalue weighted by Crippen LogP contribution is -2.07. The standard InChI is InChI=1S/C16H22ClNO/c1-4-5-7-16(19-3)8-6-13-18(2)15-11-9-14(17)10-12-15/h6,8-13H,4-5,7H2,1-3H3/b13-6+,16-8+. The molecule has 0 saturated carbocycles. The Morgan fingerprint density at radius 1 is 1.32 bits per heavy atom. The smallest absolute Gasteiger partial charge is 0.0955 e. The third-order valence-electron chi connectivity index (χ3n) is 2.86. The Morgan fingerprint density at radius 3 is 2.58 bits per heavy atom. The molecule has 0 atom stereocenters. The van der Waals surface area contributed by atoms with Crippen LogP contribution >= 0.6 is 11.6 Å². The molecule has 3 heteroatoms. The van der Waals surface area contributed by atoms with Gasteiger partial charge in [0.1, 0.15) is 0 Å². The normalized spacial score (nSPS) is 11.9. The van der Waals surface area contributed by atoms with Crippen LogP contribution in [0.3, 0.4) is 0 Å². The zero-order chi connectivity index (χ0) is 14.1. The van der Waals surface area contributed by atoms with Gasteiger partial charge in [0.15, 0.2) is 0 Å². The van der Waals surface area contributed by atoms with Crippen LogP contribution in [0.15, 0.2) is 48.4 Å². The van der Waals surface area contributed by atoms with Crippen molar-refractivity contribution >= 4 is 17.3 Å². The van der Waals surface area contributed by atoms with Crippen LogP contribution < -0.4 is 4.90 Å². The predicted octanol–water partition coefficient (Wildman–Crippen LogP) is 5.01. The maximum absolute atomic E-state index is 5.87. The molecule has 0 aliphatic carbocycles. The Morgan fingerprint density at radius 2 is 2.00 bits per heavy atom. The van der Waals surface area contributed by atoms with E-state index in [0.717, 1.165) is 29.3 Å². The summed E-state index contributed by atoms with van der Waals surface area (Å²) >= 11 is 5.87. The molecule has 1 aromatic rings. The maximum Gasteiger partial charge on any atom is 0.0955 e. The number of unbranched alkanes of at least 4 members (excludes halogenated alkanes) is 1. The molecule has 1 rings (SSSR count). The topological polar surface area (TPSA) is 12.5 Å². The van der Waals surface area contributed by atoms with E-state index in [1.807, 2.05) is 54.6 Å². The maximum atomic E-state index is 5.87. The molecule has 19 heavy (non-hydrogen) atoms. The number of ether oxygens (including phenoxy) is 1. The van der Waals surface area contributed by atoms with Crippen molar-refractivity contribution in [1.82, 2.24) is 0 Å². The second-order valence-electron chi connectivity index (χ2n) is 4.37. The molecule has 104 valence electrons. The molecule has 2 nitrogen and oxygen atoms in total. The van der Waals surface area contributed by atoms with Gasteiger partial charge >= 0.3 is 0 Å². The first kappa shape index (κ1) is 15.6. The molecule has 0 bridgehead atoms. The average Bonchev–Trinajstić information content (AvgIpc) is 2.43. The largest absolute Gasteiger partial charge is 0.501 e. The number of hydrogen-bond donors (Lipinski definition) is 0. The molecule has 0 unspecified atom stereocenters. The third-order valence-corrected chi connectivity index (χ3v) is 3.12. The van der Waals surface area contributed by atoms with Crippen molar-refractivity contribution in [3.05, 3.63) is 53.4 Å². The highest BCUT2D eigenvalue weighted by atomic mass is 35.5. The monoisotopic (exact) mass is 279 g/mol. The quantitative estimate of drug-likeness (QED) is 0.514. The van der Waals surface area contributed by atoms with Gasteiger partial charge < -0.3 is 9.64 Å². The van der Waals surface area contributed by atoms with Crippen molar-refractivity contribution in [3.8, 4) is 0 Å². The molecule has 0 amide bonds. The van der Waals surface area contributed by atoms with Crippen LogP contribution in [0.4, 0.5) is 5.69 Å². The summed E-state index contributed by atoms with van der Waals surface area (Å²) in [5, 5.41) is 0.752. The van der Waals surface area contributed by atoms with Crippen LogP contribution in [0.1, 0.15) is 26.2 Å². The second kappa shape index (κ2) is 8.65. The Balaban J connectivity index is 2.59. The van der Waals surface area contributed by atoms with Crippen molar-refractivity contribution in [2.24, 2.45) is 0 Å². The fourth-order valence-corrected chi connectivity index (χ4v) is 1.77. The van der Waals surface area contributed by atoms with E-state index in [0.29, 0.717) is 0 Å². The minimum atomic E-state index is 0.752. The van der Waals surface area contributed by atoms with Gasteiger partial charge in [0.2, 0.25) is 0 Å². The molecule has 0 radical (unpaired) electrons. The molecule has 0 spiro atoms. The molecule has 0 aromatic heterocycles. The number of methoxy groups -OCH3 is 1. The Labute approximate surface area is 121 Å². The summed E-state index contributed by atoms with van der Waals surface area (Å²) < 4.78 is 5.33. The van der Waals surface area contributed by atoms with Gasteiger partial charge in [-0.15, -0.1) is 0 Å². The molecule has 0 saturated heterocycles. The Hall–Kier alpha value is -1.41. The lowest BCUT2D eigenvalue weighted by atomic mass is 10.2. The zero-order valence-electron chi connectivity index (χ0n) is 11.9. The van der Waals surface area contributed by atoms with Crippen molar-refractivity contribution < 1.29 is 4.74 Å². The number of rotatable bonds is 7. The highest BCUT2D eigenvalue weighted by Gasteiger charge is 1.96. The second-order valence-corrected chi connectivity index (χ2v) is 4.81. The fourth-order valence-electron chi connectivity index (χ4n) is 1.65. The summed E-state index contributed by atoms with van der Waals surface area (Å²) in [4.78, 5) is 2.04. The van der Waals surface area contributed by atoms with Gasteiger partial charge in [0.05, 0.1) is 12.9 Å². The van der Waals surface area contributed by atoms with Crippen molar-refractivity contribution in [2.45, 2.75) is 26.2 Å². The summed E-state index contributed by atoms with van der Waals surface area (Å²) in [5.41, 5.74) is 1.10. The fraction of sp³-hybridized carbons (Fsp3) is 0.375. The number of benzene rings is 1. The molecular formula is C16H22ClNO. The minimum absolute atomic E-state index is 0.752. The summed E-state index contributed by atoms with van der Waals surface area (Å²) in [6.45, 7) is 2.18. The van der Waals surface area contributed by atoms with Crippen molar-refractivity contribution in [1.29, 1.82) is 0 Å². The van der Waals surface area contributed by atoms with E-state index >= 15 is 0 Å². The average molecular weight is 280 g/mol. The first-order valence-corrected chi connectivity index (χ1v) is 6.95. The molecule has 0 heterocycles. The van der Waals surface area contributed by atoms with Gasteiger partial charge in [-0.3, -0.25) is 0 Å². The summed E-state index contributed by atoms with van der Waals surface area (Å²) in [6.07, 6.45) is 9.34. The molecular weight excluding hydrogens is 258 g/mol. The Bertz CT molecular complexity index is 423. The number of hydrogen-bond acceptors (Lipinski definition) is 2. The van der Waals surface area contributed by atoms with Gasteiger partial charge in [0, 0.05) is 30.4 Å². The molecule has 0 aliphatic rings. The number of nitrogens with zero attached hydrogens (tertiary/aromatic N) is 1. The van der Waals surface area contributed by atoms with E-state index in [2.05, 4.69) is 6.92 Å². The van der Waals surface area contributed by atoms with Gasteiger partial charge in [-0.25, -0.2) is 0 Å². The zero-order valence-corrected chi connectivity index (χ0v) is 12.7. The SMILES string of the molecule is CCCC/C(=C\C=C\N(C)c1ccc(Cl)cc1)OC. The van der Waals surface area contributed by atoms with E-state index in [1.54, 1.807) is 7.11 Å². The van der Waals surface area contributed by atoms with Gasteiger partial charge in [-0.2, -0.15) is 0 Å².